The molecule has 0 bridgehead atoms. The second-order valence-corrected chi connectivity index (χ2v) is 7.07. The lowest BCUT2D eigenvalue weighted by Gasteiger charge is -2.08. The van der Waals surface area contributed by atoms with Crippen molar-refractivity contribution >= 4 is 45.0 Å². The van der Waals surface area contributed by atoms with E-state index in [-0.39, 0.29) is 23.1 Å². The highest BCUT2D eigenvalue weighted by atomic mass is 79.9. The first-order chi connectivity index (χ1) is 13.8. The Morgan fingerprint density at radius 3 is 2.69 bits per heavy atom. The van der Waals surface area contributed by atoms with Gasteiger partial charge in [-0.3, -0.25) is 0 Å². The van der Waals surface area contributed by atoms with Gasteiger partial charge in [0, 0.05) is 23.2 Å². The standard InChI is InChI=1S/C18H13BrClN5O4/c1-11-22-16(25(27)28)10-24(11)9-15(12-4-6-13(19)7-5-12)23-29-18(26)14-3-2-8-21-17(14)20/h2-8,10H,9H2,1H3/b23-15-. The molecule has 0 spiro atoms. The Morgan fingerprint density at radius 1 is 1.34 bits per heavy atom. The summed E-state index contributed by atoms with van der Waals surface area (Å²) in [4.78, 5) is 35.5. The van der Waals surface area contributed by atoms with Crippen LogP contribution in [0, 0.1) is 17.0 Å². The van der Waals surface area contributed by atoms with Crippen LogP contribution in [-0.2, 0) is 11.4 Å². The molecule has 29 heavy (non-hydrogen) atoms. The van der Waals surface area contributed by atoms with Crippen molar-refractivity contribution in [2.45, 2.75) is 13.5 Å². The molecule has 3 aromatic rings. The highest BCUT2D eigenvalue weighted by molar-refractivity contribution is 9.10. The Hall–Kier alpha value is -3.11. The number of imidazole rings is 1. The van der Waals surface area contributed by atoms with Crippen LogP contribution in [0.15, 0.2) is 58.4 Å². The molecular formula is C18H13BrClN5O4. The van der Waals surface area contributed by atoms with Gasteiger partial charge in [-0.25, -0.2) is 9.78 Å². The average Bonchev–Trinajstić information content (AvgIpc) is 3.07. The van der Waals surface area contributed by atoms with Crippen LogP contribution in [0.4, 0.5) is 5.82 Å². The molecule has 3 rings (SSSR count). The molecule has 0 N–H and O–H groups in total. The van der Waals surface area contributed by atoms with E-state index in [0.717, 1.165) is 4.47 Å². The number of aromatic nitrogens is 3. The van der Waals surface area contributed by atoms with Gasteiger partial charge in [0.15, 0.2) is 0 Å². The SMILES string of the molecule is Cc1nc([N+](=O)[O-])cn1C/C(=N/OC(=O)c1cccnc1Cl)c1ccc(Br)cc1. The van der Waals surface area contributed by atoms with Gasteiger partial charge in [0.2, 0.25) is 5.82 Å². The summed E-state index contributed by atoms with van der Waals surface area (Å²) in [6.07, 6.45) is 2.74. The summed E-state index contributed by atoms with van der Waals surface area (Å²) in [7, 11) is 0. The Bertz CT molecular complexity index is 1100. The van der Waals surface area contributed by atoms with Gasteiger partial charge in [0.1, 0.15) is 17.1 Å². The monoisotopic (exact) mass is 477 g/mol. The molecule has 0 saturated heterocycles. The van der Waals surface area contributed by atoms with Crippen molar-refractivity contribution in [1.82, 2.24) is 14.5 Å². The number of halogens is 2. The first-order valence-corrected chi connectivity index (χ1v) is 9.35. The van der Waals surface area contributed by atoms with Gasteiger partial charge in [-0.2, -0.15) is 0 Å². The van der Waals surface area contributed by atoms with Gasteiger partial charge in [0.25, 0.3) is 0 Å². The topological polar surface area (TPSA) is 113 Å². The molecular weight excluding hydrogens is 466 g/mol. The second kappa shape index (κ2) is 8.93. The molecule has 9 nitrogen and oxygen atoms in total. The van der Waals surface area contributed by atoms with Gasteiger partial charge in [-0.15, -0.1) is 0 Å². The highest BCUT2D eigenvalue weighted by Crippen LogP contribution is 2.17. The maximum Gasteiger partial charge on any atom is 0.381 e. The predicted molar refractivity (Wildman–Crippen MR) is 109 cm³/mol. The fraction of sp³-hybridized carbons (Fsp3) is 0.111. The van der Waals surface area contributed by atoms with Crippen LogP contribution in [0.5, 0.6) is 0 Å². The minimum Gasteiger partial charge on any atom is -0.358 e. The lowest BCUT2D eigenvalue weighted by Crippen LogP contribution is -2.14. The van der Waals surface area contributed by atoms with Gasteiger partial charge in [-0.05, 0) is 34.2 Å². The number of benzene rings is 1. The van der Waals surface area contributed by atoms with Crippen LogP contribution >= 0.6 is 27.5 Å². The van der Waals surface area contributed by atoms with E-state index < -0.39 is 10.9 Å². The van der Waals surface area contributed by atoms with E-state index in [1.807, 2.05) is 0 Å². The molecule has 0 amide bonds. The molecule has 0 unspecified atom stereocenters. The lowest BCUT2D eigenvalue weighted by molar-refractivity contribution is -0.389. The van der Waals surface area contributed by atoms with E-state index in [2.05, 4.69) is 31.1 Å². The van der Waals surface area contributed by atoms with Crippen LogP contribution in [-0.4, -0.2) is 31.1 Å². The molecule has 0 aliphatic rings. The van der Waals surface area contributed by atoms with Crippen LogP contribution < -0.4 is 0 Å². The third-order valence-electron chi connectivity index (χ3n) is 3.87. The summed E-state index contributed by atoms with van der Waals surface area (Å²) in [6, 6.07) is 10.2. The third kappa shape index (κ3) is 5.04. The number of oxime groups is 1. The van der Waals surface area contributed by atoms with Crippen molar-refractivity contribution in [2.75, 3.05) is 0 Å². The summed E-state index contributed by atoms with van der Waals surface area (Å²) in [5.41, 5.74) is 1.10. The zero-order valence-corrected chi connectivity index (χ0v) is 17.3. The molecule has 0 saturated carbocycles. The van der Waals surface area contributed by atoms with Crippen molar-refractivity contribution in [3.63, 3.8) is 0 Å². The lowest BCUT2D eigenvalue weighted by atomic mass is 10.1. The average molecular weight is 479 g/mol. The molecule has 1 aromatic carbocycles. The number of carbonyl (C=O) groups is 1. The molecule has 2 heterocycles. The molecule has 2 aromatic heterocycles. The first kappa shape index (κ1) is 20.6. The molecule has 0 atom stereocenters. The van der Waals surface area contributed by atoms with Gasteiger partial charge in [-0.1, -0.05) is 44.8 Å². The van der Waals surface area contributed by atoms with Gasteiger partial charge >= 0.3 is 11.8 Å². The maximum absolute atomic E-state index is 12.3. The third-order valence-corrected chi connectivity index (χ3v) is 4.70. The van der Waals surface area contributed by atoms with Crippen molar-refractivity contribution in [2.24, 2.45) is 5.16 Å². The van der Waals surface area contributed by atoms with E-state index in [4.69, 9.17) is 16.4 Å². The van der Waals surface area contributed by atoms with E-state index in [1.54, 1.807) is 41.8 Å². The Labute approximate surface area is 178 Å². The van der Waals surface area contributed by atoms with Crippen molar-refractivity contribution < 1.29 is 14.6 Å². The largest absolute Gasteiger partial charge is 0.381 e. The van der Waals surface area contributed by atoms with E-state index in [0.29, 0.717) is 17.1 Å². The summed E-state index contributed by atoms with van der Waals surface area (Å²) in [6.45, 7) is 1.73. The number of carbonyl (C=O) groups excluding carboxylic acids is 1. The van der Waals surface area contributed by atoms with E-state index in [1.165, 1.54) is 18.5 Å². The van der Waals surface area contributed by atoms with Crippen LogP contribution in [0.25, 0.3) is 0 Å². The maximum atomic E-state index is 12.3. The molecule has 0 aliphatic heterocycles. The number of rotatable bonds is 6. The van der Waals surface area contributed by atoms with Crippen LogP contribution in [0.2, 0.25) is 5.15 Å². The Balaban J connectivity index is 1.92. The molecule has 0 radical (unpaired) electrons. The number of hydrogen-bond donors (Lipinski definition) is 0. The number of aryl methyl sites for hydroxylation is 1. The second-order valence-electron chi connectivity index (χ2n) is 5.80. The fourth-order valence-electron chi connectivity index (χ4n) is 2.40. The molecule has 0 aliphatic carbocycles. The summed E-state index contributed by atoms with van der Waals surface area (Å²) in [5.74, 6) is -0.633. The minimum atomic E-state index is -0.772. The van der Waals surface area contributed by atoms with E-state index in [9.17, 15) is 14.9 Å². The normalized spacial score (nSPS) is 11.3. The molecule has 148 valence electrons. The molecule has 11 heteroatoms. The fourth-order valence-corrected chi connectivity index (χ4v) is 2.86. The number of hydrogen-bond acceptors (Lipinski definition) is 7. The number of nitrogens with zero attached hydrogens (tertiary/aromatic N) is 5. The van der Waals surface area contributed by atoms with Crippen molar-refractivity contribution in [1.29, 1.82) is 0 Å². The van der Waals surface area contributed by atoms with Gasteiger partial charge < -0.3 is 19.5 Å². The number of pyridine rings is 1. The summed E-state index contributed by atoms with van der Waals surface area (Å²) < 4.78 is 2.40. The highest BCUT2D eigenvalue weighted by Gasteiger charge is 2.18. The zero-order chi connectivity index (χ0) is 21.0. The van der Waals surface area contributed by atoms with Crippen LogP contribution in [0.1, 0.15) is 21.7 Å². The van der Waals surface area contributed by atoms with Crippen molar-refractivity contribution in [3.8, 4) is 0 Å². The van der Waals surface area contributed by atoms with Crippen molar-refractivity contribution in [3.05, 3.63) is 85.5 Å². The Morgan fingerprint density at radius 2 is 2.07 bits per heavy atom. The summed E-state index contributed by atoms with van der Waals surface area (Å²) in [5, 5.41) is 14.9. The predicted octanol–water partition coefficient (Wildman–Crippen LogP) is 4.17. The zero-order valence-electron chi connectivity index (χ0n) is 15.0. The first-order valence-electron chi connectivity index (χ1n) is 8.18. The van der Waals surface area contributed by atoms with E-state index >= 15 is 0 Å². The quantitative estimate of drug-likeness (QED) is 0.173. The van der Waals surface area contributed by atoms with Crippen LogP contribution in [0.3, 0.4) is 0 Å². The molecule has 0 fully saturated rings. The summed E-state index contributed by atoms with van der Waals surface area (Å²) >= 11 is 9.27. The number of nitro groups is 1. The van der Waals surface area contributed by atoms with Gasteiger partial charge in [0.05, 0.1) is 12.1 Å². The minimum absolute atomic E-state index is 0.000953. The smallest absolute Gasteiger partial charge is 0.358 e. The Kier molecular flexibility index (Phi) is 6.35.